The van der Waals surface area contributed by atoms with Gasteiger partial charge in [0.2, 0.25) is 0 Å². The Balaban J connectivity index is 1.86. The molecule has 1 fully saturated rings. The van der Waals surface area contributed by atoms with Crippen molar-refractivity contribution in [3.05, 3.63) is 30.1 Å². The van der Waals surface area contributed by atoms with Gasteiger partial charge in [0.05, 0.1) is 5.69 Å². The maximum Gasteiger partial charge on any atom is 0.0543 e. The van der Waals surface area contributed by atoms with Gasteiger partial charge in [0.25, 0.3) is 0 Å². The summed E-state index contributed by atoms with van der Waals surface area (Å²) >= 11 is 0. The van der Waals surface area contributed by atoms with Crippen LogP contribution in [0.5, 0.6) is 0 Å². The number of nitrogens with zero attached hydrogens (tertiary/aromatic N) is 2. The number of hydrogen-bond acceptors (Lipinski definition) is 3. The number of rotatable bonds is 7. The Morgan fingerprint density at radius 2 is 2.05 bits per heavy atom. The van der Waals surface area contributed by atoms with Gasteiger partial charge in [-0.05, 0) is 56.4 Å². The summed E-state index contributed by atoms with van der Waals surface area (Å²) in [5.74, 6) is 0. The van der Waals surface area contributed by atoms with E-state index in [-0.39, 0.29) is 0 Å². The van der Waals surface area contributed by atoms with Crippen molar-refractivity contribution in [2.45, 2.75) is 52.0 Å². The van der Waals surface area contributed by atoms with Crippen molar-refractivity contribution >= 4 is 0 Å². The van der Waals surface area contributed by atoms with Crippen LogP contribution in [0.1, 0.15) is 51.1 Å². The van der Waals surface area contributed by atoms with E-state index in [4.69, 9.17) is 5.73 Å². The first-order valence-corrected chi connectivity index (χ1v) is 8.10. The lowest BCUT2D eigenvalue weighted by atomic mass is 9.72. The highest BCUT2D eigenvalue weighted by molar-refractivity contribution is 5.03. The molecule has 1 aromatic rings. The Bertz CT molecular complexity index is 371. The third-order valence-corrected chi connectivity index (χ3v) is 4.86. The van der Waals surface area contributed by atoms with E-state index < -0.39 is 0 Å². The third-order valence-electron chi connectivity index (χ3n) is 4.86. The summed E-state index contributed by atoms with van der Waals surface area (Å²) in [5, 5.41) is 0. The molecule has 1 aliphatic carbocycles. The first-order valence-electron chi connectivity index (χ1n) is 8.10. The maximum atomic E-state index is 6.09. The molecule has 0 saturated heterocycles. The molecule has 3 nitrogen and oxygen atoms in total. The van der Waals surface area contributed by atoms with E-state index in [0.29, 0.717) is 5.41 Å². The zero-order chi connectivity index (χ0) is 14.3. The molecule has 2 N–H and O–H groups in total. The zero-order valence-electron chi connectivity index (χ0n) is 12.9. The van der Waals surface area contributed by atoms with Crippen LogP contribution in [-0.2, 0) is 6.54 Å². The van der Waals surface area contributed by atoms with E-state index in [1.54, 1.807) is 0 Å². The molecule has 1 aliphatic rings. The SMILES string of the molecule is CCN(CCC1(CN)CCCCC1)Cc1ccccn1. The second-order valence-corrected chi connectivity index (χ2v) is 6.20. The maximum absolute atomic E-state index is 6.09. The van der Waals surface area contributed by atoms with Crippen LogP contribution in [0.3, 0.4) is 0 Å². The van der Waals surface area contributed by atoms with Crippen LogP contribution in [0.4, 0.5) is 0 Å². The highest BCUT2D eigenvalue weighted by atomic mass is 15.1. The van der Waals surface area contributed by atoms with Crippen molar-refractivity contribution < 1.29 is 0 Å². The Morgan fingerprint density at radius 3 is 2.65 bits per heavy atom. The molecule has 3 heteroatoms. The fraction of sp³-hybridized carbons (Fsp3) is 0.706. The van der Waals surface area contributed by atoms with Gasteiger partial charge >= 0.3 is 0 Å². The van der Waals surface area contributed by atoms with E-state index in [1.165, 1.54) is 44.2 Å². The molecule has 1 heterocycles. The van der Waals surface area contributed by atoms with Gasteiger partial charge in [0.15, 0.2) is 0 Å². The van der Waals surface area contributed by atoms with E-state index in [2.05, 4.69) is 28.9 Å². The van der Waals surface area contributed by atoms with Crippen LogP contribution < -0.4 is 5.73 Å². The molecule has 0 bridgehead atoms. The lowest BCUT2D eigenvalue weighted by Crippen LogP contribution is -2.37. The van der Waals surface area contributed by atoms with Gasteiger partial charge in [-0.2, -0.15) is 0 Å². The minimum absolute atomic E-state index is 0.412. The summed E-state index contributed by atoms with van der Waals surface area (Å²) in [7, 11) is 0. The lowest BCUT2D eigenvalue weighted by Gasteiger charge is -2.38. The molecule has 2 rings (SSSR count). The minimum atomic E-state index is 0.412. The average molecular weight is 275 g/mol. The summed E-state index contributed by atoms with van der Waals surface area (Å²) in [4.78, 5) is 6.93. The van der Waals surface area contributed by atoms with Crippen LogP contribution in [0.2, 0.25) is 0 Å². The monoisotopic (exact) mass is 275 g/mol. The Morgan fingerprint density at radius 1 is 1.25 bits per heavy atom. The van der Waals surface area contributed by atoms with E-state index >= 15 is 0 Å². The molecule has 112 valence electrons. The van der Waals surface area contributed by atoms with Gasteiger partial charge in [-0.25, -0.2) is 0 Å². The van der Waals surface area contributed by atoms with Gasteiger partial charge in [0, 0.05) is 12.7 Å². The van der Waals surface area contributed by atoms with Crippen molar-refractivity contribution in [2.24, 2.45) is 11.1 Å². The van der Waals surface area contributed by atoms with Gasteiger partial charge in [-0.3, -0.25) is 9.88 Å². The average Bonchev–Trinajstić information content (AvgIpc) is 2.53. The number of hydrogen-bond donors (Lipinski definition) is 1. The molecule has 1 aromatic heterocycles. The summed E-state index contributed by atoms with van der Waals surface area (Å²) < 4.78 is 0. The molecule has 0 aliphatic heterocycles. The summed E-state index contributed by atoms with van der Waals surface area (Å²) in [6, 6.07) is 6.16. The fourth-order valence-electron chi connectivity index (χ4n) is 3.32. The van der Waals surface area contributed by atoms with Crippen LogP contribution in [0, 0.1) is 5.41 Å². The Labute approximate surface area is 123 Å². The first-order chi connectivity index (χ1) is 9.78. The predicted octanol–water partition coefficient (Wildman–Crippen LogP) is 3.20. The molecule has 0 spiro atoms. The Hall–Kier alpha value is -0.930. The molecule has 0 amide bonds. The lowest BCUT2D eigenvalue weighted by molar-refractivity contribution is 0.145. The van der Waals surface area contributed by atoms with Gasteiger partial charge in [-0.1, -0.05) is 32.3 Å². The topological polar surface area (TPSA) is 42.1 Å². The molecule has 0 atom stereocenters. The molecule has 20 heavy (non-hydrogen) atoms. The highest BCUT2D eigenvalue weighted by Gasteiger charge is 2.30. The third kappa shape index (κ3) is 4.29. The largest absolute Gasteiger partial charge is 0.330 e. The molecule has 0 aromatic carbocycles. The molecule has 0 radical (unpaired) electrons. The number of nitrogens with two attached hydrogens (primary N) is 1. The fourth-order valence-corrected chi connectivity index (χ4v) is 3.32. The molecule has 0 unspecified atom stereocenters. The van der Waals surface area contributed by atoms with E-state index in [0.717, 1.165) is 26.2 Å². The smallest absolute Gasteiger partial charge is 0.0543 e. The van der Waals surface area contributed by atoms with Crippen molar-refractivity contribution in [1.82, 2.24) is 9.88 Å². The van der Waals surface area contributed by atoms with Gasteiger partial charge < -0.3 is 5.73 Å². The minimum Gasteiger partial charge on any atom is -0.330 e. The van der Waals surface area contributed by atoms with Crippen LogP contribution in [0.25, 0.3) is 0 Å². The second kappa shape index (κ2) is 7.75. The van der Waals surface area contributed by atoms with Crippen LogP contribution in [-0.4, -0.2) is 29.5 Å². The summed E-state index contributed by atoms with van der Waals surface area (Å²) in [5.41, 5.74) is 7.67. The molecule has 1 saturated carbocycles. The van der Waals surface area contributed by atoms with Crippen LogP contribution in [0.15, 0.2) is 24.4 Å². The standard InChI is InChI=1S/C17H29N3/c1-2-20(14-16-8-4-7-12-19-16)13-11-17(15-18)9-5-3-6-10-17/h4,7-8,12H,2-3,5-6,9-11,13-15,18H2,1H3. The normalized spacial score (nSPS) is 18.4. The number of aromatic nitrogens is 1. The van der Waals surface area contributed by atoms with E-state index in [9.17, 15) is 0 Å². The Kier molecular flexibility index (Phi) is 5.99. The number of pyridine rings is 1. The van der Waals surface area contributed by atoms with Crippen molar-refractivity contribution in [3.63, 3.8) is 0 Å². The van der Waals surface area contributed by atoms with Gasteiger partial charge in [0.1, 0.15) is 0 Å². The van der Waals surface area contributed by atoms with Crippen molar-refractivity contribution in [1.29, 1.82) is 0 Å². The molecular formula is C17H29N3. The van der Waals surface area contributed by atoms with Crippen LogP contribution >= 0.6 is 0 Å². The van der Waals surface area contributed by atoms with E-state index in [1.807, 2.05) is 12.3 Å². The predicted molar refractivity (Wildman–Crippen MR) is 84.4 cm³/mol. The summed E-state index contributed by atoms with van der Waals surface area (Å²) in [6.45, 7) is 6.27. The first kappa shape index (κ1) is 15.5. The highest BCUT2D eigenvalue weighted by Crippen LogP contribution is 2.38. The quantitative estimate of drug-likeness (QED) is 0.831. The van der Waals surface area contributed by atoms with Crippen molar-refractivity contribution in [3.8, 4) is 0 Å². The summed E-state index contributed by atoms with van der Waals surface area (Å²) in [6.07, 6.45) is 9.89. The van der Waals surface area contributed by atoms with Gasteiger partial charge in [-0.15, -0.1) is 0 Å². The zero-order valence-corrected chi connectivity index (χ0v) is 12.9. The van der Waals surface area contributed by atoms with Crippen molar-refractivity contribution in [2.75, 3.05) is 19.6 Å². The second-order valence-electron chi connectivity index (χ2n) is 6.20. The molecular weight excluding hydrogens is 246 g/mol.